The van der Waals surface area contributed by atoms with E-state index in [9.17, 15) is 9.59 Å². The number of aryl methyl sites for hydroxylation is 4. The lowest BCUT2D eigenvalue weighted by atomic mass is 9.62. The highest BCUT2D eigenvalue weighted by Crippen LogP contribution is 2.56. The zero-order valence-electron chi connectivity index (χ0n) is 38.5. The first-order chi connectivity index (χ1) is 31.3. The fourth-order valence-electron chi connectivity index (χ4n) is 10.4. The van der Waals surface area contributed by atoms with Crippen molar-refractivity contribution in [1.29, 1.82) is 0 Å². The predicted molar refractivity (Wildman–Crippen MR) is 262 cm³/mol. The molecule has 6 aromatic carbocycles. The minimum atomic E-state index is -0.424. The SMILES string of the molecule is CCCCCCCc1ccc(-c2ccc(C(=O)OC3CC4CC(OC(=O)c5ccc(-c6ccc(CCCCCCC)cc6)cc5)c5cccc(C)c5C4c4c(C)cccc43)cc2)cc1. The Morgan fingerprint density at radius 2 is 0.812 bits per heavy atom. The van der Waals surface area contributed by atoms with Gasteiger partial charge in [0.2, 0.25) is 0 Å². The average molecular weight is 851 g/mol. The summed E-state index contributed by atoms with van der Waals surface area (Å²) in [6, 6.07) is 46.1. The van der Waals surface area contributed by atoms with Gasteiger partial charge in [-0.25, -0.2) is 9.59 Å². The number of unbranched alkanes of at least 4 members (excludes halogenated alkanes) is 8. The van der Waals surface area contributed by atoms with Crippen LogP contribution in [0.3, 0.4) is 0 Å². The highest BCUT2D eigenvalue weighted by Gasteiger charge is 2.45. The van der Waals surface area contributed by atoms with Crippen molar-refractivity contribution in [2.75, 3.05) is 0 Å². The van der Waals surface area contributed by atoms with Gasteiger partial charge < -0.3 is 9.47 Å². The number of carbonyl (C=O) groups is 2. The summed E-state index contributed by atoms with van der Waals surface area (Å²) in [4.78, 5) is 27.9. The Bertz CT molecular complexity index is 2300. The quantitative estimate of drug-likeness (QED) is 0.0638. The van der Waals surface area contributed by atoms with E-state index in [4.69, 9.17) is 9.47 Å². The van der Waals surface area contributed by atoms with Crippen molar-refractivity contribution < 1.29 is 19.1 Å². The number of benzene rings is 6. The van der Waals surface area contributed by atoms with Crippen LogP contribution in [0.15, 0.2) is 133 Å². The van der Waals surface area contributed by atoms with Gasteiger partial charge in [0.15, 0.2) is 0 Å². The molecule has 64 heavy (non-hydrogen) atoms. The van der Waals surface area contributed by atoms with E-state index in [0.29, 0.717) is 24.0 Å². The average Bonchev–Trinajstić information content (AvgIpc) is 3.32. The maximum atomic E-state index is 14.0. The zero-order valence-corrected chi connectivity index (χ0v) is 38.5. The van der Waals surface area contributed by atoms with Gasteiger partial charge in [-0.3, -0.25) is 0 Å². The maximum Gasteiger partial charge on any atom is 0.338 e. The first-order valence-electron chi connectivity index (χ1n) is 24.3. The Labute approximate surface area is 382 Å². The van der Waals surface area contributed by atoms with Crippen molar-refractivity contribution in [3.05, 3.63) is 189 Å². The molecule has 0 aromatic heterocycles. The van der Waals surface area contributed by atoms with E-state index in [1.54, 1.807) is 0 Å². The van der Waals surface area contributed by atoms with E-state index in [1.165, 1.54) is 97.6 Å². The molecule has 8 rings (SSSR count). The third-order valence-corrected chi connectivity index (χ3v) is 14.0. The topological polar surface area (TPSA) is 52.6 Å². The fourth-order valence-corrected chi connectivity index (χ4v) is 10.4. The first-order valence-corrected chi connectivity index (χ1v) is 24.3. The van der Waals surface area contributed by atoms with Crippen LogP contribution in [0.2, 0.25) is 0 Å². The Kier molecular flexibility index (Phi) is 14.9. The van der Waals surface area contributed by atoms with E-state index in [0.717, 1.165) is 46.2 Å². The number of fused-ring (bicyclic) bond motifs is 5. The fraction of sp³-hybridized carbons (Fsp3) is 0.367. The van der Waals surface area contributed by atoms with E-state index >= 15 is 0 Å². The third-order valence-electron chi connectivity index (χ3n) is 14.0. The van der Waals surface area contributed by atoms with Crippen molar-refractivity contribution in [3.63, 3.8) is 0 Å². The normalized spacial score (nSPS) is 17.5. The molecule has 0 spiro atoms. The molecule has 6 aromatic rings. The predicted octanol–water partition coefficient (Wildman–Crippen LogP) is 16.0. The molecule has 2 aliphatic carbocycles. The van der Waals surface area contributed by atoms with Crippen LogP contribution in [0.25, 0.3) is 22.3 Å². The first kappa shape index (κ1) is 44.9. The maximum absolute atomic E-state index is 14.0. The lowest BCUT2D eigenvalue weighted by molar-refractivity contribution is 0.00378. The highest BCUT2D eigenvalue weighted by molar-refractivity contribution is 5.91. The summed E-state index contributed by atoms with van der Waals surface area (Å²) in [5.74, 6) is -0.446. The molecule has 0 bridgehead atoms. The molecule has 0 heterocycles. The van der Waals surface area contributed by atoms with Gasteiger partial charge in [-0.05, 0) is 149 Å². The summed E-state index contributed by atoms with van der Waals surface area (Å²) in [6.07, 6.45) is 15.5. The molecule has 0 saturated heterocycles. The number of carbonyl (C=O) groups excluding carboxylic acids is 2. The molecule has 0 amide bonds. The molecular weight excluding hydrogens is 785 g/mol. The van der Waals surface area contributed by atoms with Crippen LogP contribution in [-0.2, 0) is 22.3 Å². The minimum Gasteiger partial charge on any atom is -0.454 e. The van der Waals surface area contributed by atoms with Crippen molar-refractivity contribution in [2.45, 2.75) is 136 Å². The number of ether oxygens (including phenoxy) is 2. The largest absolute Gasteiger partial charge is 0.454 e. The molecule has 4 heteroatoms. The van der Waals surface area contributed by atoms with Gasteiger partial charge in [-0.15, -0.1) is 0 Å². The van der Waals surface area contributed by atoms with Crippen LogP contribution in [0.5, 0.6) is 0 Å². The lowest BCUT2D eigenvalue weighted by Crippen LogP contribution is -2.34. The monoisotopic (exact) mass is 850 g/mol. The second-order valence-electron chi connectivity index (χ2n) is 18.5. The molecular formula is C60H66O4. The van der Waals surface area contributed by atoms with Crippen molar-refractivity contribution in [1.82, 2.24) is 0 Å². The van der Waals surface area contributed by atoms with E-state index < -0.39 is 12.2 Å². The molecule has 2 unspecified atom stereocenters. The molecule has 0 N–H and O–H groups in total. The minimum absolute atomic E-state index is 0.0983. The van der Waals surface area contributed by atoms with Crippen LogP contribution in [-0.4, -0.2) is 11.9 Å². The second-order valence-corrected chi connectivity index (χ2v) is 18.5. The van der Waals surface area contributed by atoms with Crippen LogP contribution in [0, 0.1) is 19.8 Å². The van der Waals surface area contributed by atoms with Gasteiger partial charge in [0, 0.05) is 5.92 Å². The number of hydrogen-bond acceptors (Lipinski definition) is 4. The summed E-state index contributed by atoms with van der Waals surface area (Å²) in [5, 5.41) is 0. The smallest absolute Gasteiger partial charge is 0.338 e. The standard InChI is InChI=1S/C60H66O4/c1-5-7-9-11-13-19-43-23-27-45(28-24-43)47-31-35-49(36-32-47)59(61)63-54-39-51-40-55(53-22-16-18-42(4)57(53)58(51)56-41(3)17-15-21-52(54)56)64-60(62)50-37-33-48(34-38-50)46-29-25-44(26-30-46)20-14-12-10-8-6-2/h15-18,21-38,51,54-55,58H,5-14,19-20,39-40H2,1-4H3. The van der Waals surface area contributed by atoms with Crippen LogP contribution >= 0.6 is 0 Å². The number of esters is 2. The molecule has 0 fully saturated rings. The Morgan fingerprint density at radius 3 is 1.19 bits per heavy atom. The lowest BCUT2D eigenvalue weighted by Gasteiger charge is -2.45. The van der Waals surface area contributed by atoms with Crippen LogP contribution in [0.1, 0.15) is 174 Å². The summed E-state index contributed by atoms with van der Waals surface area (Å²) in [7, 11) is 0. The molecule has 4 nitrogen and oxygen atoms in total. The number of hydrogen-bond donors (Lipinski definition) is 0. The summed E-state index contributed by atoms with van der Waals surface area (Å²) >= 11 is 0. The van der Waals surface area contributed by atoms with Gasteiger partial charge in [0.25, 0.3) is 0 Å². The Balaban J connectivity index is 0.954. The van der Waals surface area contributed by atoms with Gasteiger partial charge in [0.1, 0.15) is 12.2 Å². The second kappa shape index (κ2) is 21.3. The molecule has 0 saturated carbocycles. The van der Waals surface area contributed by atoms with E-state index in [-0.39, 0.29) is 23.8 Å². The summed E-state index contributed by atoms with van der Waals surface area (Å²) in [6.45, 7) is 8.83. The van der Waals surface area contributed by atoms with E-state index in [2.05, 4.69) is 113 Å². The van der Waals surface area contributed by atoms with Crippen molar-refractivity contribution in [3.8, 4) is 22.3 Å². The van der Waals surface area contributed by atoms with Crippen LogP contribution < -0.4 is 0 Å². The Hall–Kier alpha value is -5.74. The molecule has 0 aliphatic heterocycles. The summed E-state index contributed by atoms with van der Waals surface area (Å²) in [5.41, 5.74) is 15.2. The zero-order chi connectivity index (χ0) is 44.4. The summed E-state index contributed by atoms with van der Waals surface area (Å²) < 4.78 is 12.9. The third kappa shape index (κ3) is 10.4. The van der Waals surface area contributed by atoms with Gasteiger partial charge in [0.05, 0.1) is 11.1 Å². The van der Waals surface area contributed by atoms with Gasteiger partial charge >= 0.3 is 11.9 Å². The highest BCUT2D eigenvalue weighted by atomic mass is 16.5. The van der Waals surface area contributed by atoms with Gasteiger partial charge in [-0.1, -0.05) is 174 Å². The molecule has 2 aliphatic rings. The number of rotatable bonds is 18. The Morgan fingerprint density at radius 1 is 0.453 bits per heavy atom. The van der Waals surface area contributed by atoms with E-state index in [1.807, 2.05) is 48.5 Å². The van der Waals surface area contributed by atoms with Crippen LogP contribution in [0.4, 0.5) is 0 Å². The van der Waals surface area contributed by atoms with Crippen molar-refractivity contribution >= 4 is 11.9 Å². The molecule has 2 atom stereocenters. The molecule has 0 radical (unpaired) electrons. The van der Waals surface area contributed by atoms with Crippen molar-refractivity contribution in [2.24, 2.45) is 5.92 Å². The molecule has 330 valence electrons. The van der Waals surface area contributed by atoms with Gasteiger partial charge in [-0.2, -0.15) is 0 Å².